The summed E-state index contributed by atoms with van der Waals surface area (Å²) < 4.78 is 16.3. The number of nitrogens with zero attached hydrogens (tertiary/aromatic N) is 1. The van der Waals surface area contributed by atoms with Crippen molar-refractivity contribution in [3.63, 3.8) is 0 Å². The van der Waals surface area contributed by atoms with Crippen LogP contribution in [0.4, 0.5) is 0 Å². The Kier molecular flexibility index (Phi) is 5.39. The molecule has 0 radical (unpaired) electrons. The number of rotatable bonds is 7. The first-order valence-electron chi connectivity index (χ1n) is 8.91. The van der Waals surface area contributed by atoms with Gasteiger partial charge >= 0.3 is 5.97 Å². The van der Waals surface area contributed by atoms with Gasteiger partial charge in [0.15, 0.2) is 12.4 Å². The van der Waals surface area contributed by atoms with Gasteiger partial charge in [-0.2, -0.15) is 0 Å². The summed E-state index contributed by atoms with van der Waals surface area (Å²) in [5.74, 6) is -0.199. The first-order valence-corrected chi connectivity index (χ1v) is 9.79. The molecule has 6 nitrogen and oxygen atoms in total. The smallest absolute Gasteiger partial charge is 0.338 e. The maximum atomic E-state index is 12.2. The number of hydrogen-bond acceptors (Lipinski definition) is 7. The Morgan fingerprint density at radius 3 is 2.62 bits per heavy atom. The van der Waals surface area contributed by atoms with Gasteiger partial charge in [0, 0.05) is 10.8 Å². The summed E-state index contributed by atoms with van der Waals surface area (Å²) in [6, 6.07) is 15.5. The lowest BCUT2D eigenvalue weighted by molar-refractivity contribution is 0.0468. The predicted octanol–water partition coefficient (Wildman–Crippen LogP) is 4.82. The number of hydrogen-bond donors (Lipinski definition) is 0. The van der Waals surface area contributed by atoms with Gasteiger partial charge in [-0.25, -0.2) is 9.78 Å². The molecule has 0 aliphatic heterocycles. The Morgan fingerprint density at radius 1 is 1.10 bits per heavy atom. The topological polar surface area (TPSA) is 78.6 Å². The summed E-state index contributed by atoms with van der Waals surface area (Å²) in [5, 5.41) is 3.75. The molecule has 0 saturated heterocycles. The van der Waals surface area contributed by atoms with E-state index in [9.17, 15) is 9.59 Å². The summed E-state index contributed by atoms with van der Waals surface area (Å²) >= 11 is 1.57. The van der Waals surface area contributed by atoms with Crippen molar-refractivity contribution < 1.29 is 23.5 Å². The maximum Gasteiger partial charge on any atom is 0.338 e. The van der Waals surface area contributed by atoms with Crippen LogP contribution in [0.15, 0.2) is 64.4 Å². The van der Waals surface area contributed by atoms with Crippen molar-refractivity contribution >= 4 is 34.1 Å². The third-order valence-corrected chi connectivity index (χ3v) is 5.00. The van der Waals surface area contributed by atoms with Crippen LogP contribution < -0.4 is 4.74 Å². The van der Waals surface area contributed by atoms with E-state index in [-0.39, 0.29) is 12.4 Å². The number of furan rings is 1. The Bertz CT molecular complexity index is 1130. The van der Waals surface area contributed by atoms with Crippen LogP contribution in [0.5, 0.6) is 5.75 Å². The molecule has 7 heteroatoms. The standard InChI is InChI=1S/C22H17NO5S/c1-14-23-17(13-29-14)11-26-18-8-6-15(7-9-18)22(25)27-12-19(24)21-10-16-4-2-3-5-20(16)28-21/h2-10,13H,11-12H2,1H3. The normalized spacial score (nSPS) is 10.8. The Morgan fingerprint density at radius 2 is 1.90 bits per heavy atom. The highest BCUT2D eigenvalue weighted by Gasteiger charge is 2.15. The number of ether oxygens (including phenoxy) is 2. The van der Waals surface area contributed by atoms with Crippen molar-refractivity contribution in [2.45, 2.75) is 13.5 Å². The molecule has 0 fully saturated rings. The number of para-hydroxylation sites is 1. The van der Waals surface area contributed by atoms with E-state index in [0.717, 1.165) is 16.1 Å². The molecule has 29 heavy (non-hydrogen) atoms. The van der Waals surface area contributed by atoms with Gasteiger partial charge < -0.3 is 13.9 Å². The minimum absolute atomic E-state index is 0.167. The van der Waals surface area contributed by atoms with Crippen molar-refractivity contribution in [3.05, 3.63) is 82.0 Å². The number of aryl methyl sites for hydroxylation is 1. The molecule has 0 amide bonds. The van der Waals surface area contributed by atoms with Gasteiger partial charge in [0.2, 0.25) is 5.78 Å². The number of carbonyl (C=O) groups is 2. The van der Waals surface area contributed by atoms with E-state index in [0.29, 0.717) is 23.5 Å². The minimum atomic E-state index is -0.587. The first kappa shape index (κ1) is 18.9. The fraction of sp³-hybridized carbons (Fsp3) is 0.136. The molecule has 146 valence electrons. The third-order valence-electron chi connectivity index (χ3n) is 4.18. The van der Waals surface area contributed by atoms with Crippen molar-refractivity contribution in [3.8, 4) is 5.75 Å². The zero-order chi connectivity index (χ0) is 20.2. The largest absolute Gasteiger partial charge is 0.487 e. The molecule has 0 spiro atoms. The molecule has 4 rings (SSSR count). The third kappa shape index (κ3) is 4.52. The molecule has 0 aliphatic rings. The van der Waals surface area contributed by atoms with Crippen molar-refractivity contribution in [2.24, 2.45) is 0 Å². The van der Waals surface area contributed by atoms with Crippen LogP contribution in [0.2, 0.25) is 0 Å². The molecular formula is C22H17NO5S. The van der Waals surface area contributed by atoms with Gasteiger partial charge in [0.25, 0.3) is 0 Å². The van der Waals surface area contributed by atoms with E-state index < -0.39 is 11.8 Å². The molecule has 0 unspecified atom stereocenters. The maximum absolute atomic E-state index is 12.2. The summed E-state index contributed by atoms with van der Waals surface area (Å²) in [6.45, 7) is 1.91. The van der Waals surface area contributed by atoms with E-state index in [1.165, 1.54) is 0 Å². The highest BCUT2D eigenvalue weighted by atomic mass is 32.1. The molecule has 2 aromatic carbocycles. The number of thiazole rings is 1. The fourth-order valence-corrected chi connectivity index (χ4v) is 3.32. The number of aromatic nitrogens is 1. The Hall–Kier alpha value is -3.45. The van der Waals surface area contributed by atoms with Crippen LogP contribution >= 0.6 is 11.3 Å². The molecule has 2 aromatic heterocycles. The second-order valence-corrected chi connectivity index (χ2v) is 7.38. The number of ketones is 1. The minimum Gasteiger partial charge on any atom is -0.487 e. The van der Waals surface area contributed by atoms with Crippen molar-refractivity contribution in [2.75, 3.05) is 6.61 Å². The monoisotopic (exact) mass is 407 g/mol. The second-order valence-electron chi connectivity index (χ2n) is 6.32. The molecule has 4 aromatic rings. The van der Waals surface area contributed by atoms with Crippen molar-refractivity contribution in [1.29, 1.82) is 0 Å². The molecule has 0 atom stereocenters. The van der Waals surface area contributed by atoms with Crippen LogP contribution in [0, 0.1) is 6.92 Å². The number of fused-ring (bicyclic) bond motifs is 1. The van der Waals surface area contributed by atoms with Gasteiger partial charge in [-0.15, -0.1) is 11.3 Å². The zero-order valence-corrected chi connectivity index (χ0v) is 16.4. The quantitative estimate of drug-likeness (QED) is 0.323. The first-order chi connectivity index (χ1) is 14.1. The predicted molar refractivity (Wildman–Crippen MR) is 108 cm³/mol. The van der Waals surface area contributed by atoms with Gasteiger partial charge in [-0.3, -0.25) is 4.79 Å². The average Bonchev–Trinajstić information content (AvgIpc) is 3.36. The van der Waals surface area contributed by atoms with Crippen LogP contribution in [0.3, 0.4) is 0 Å². The molecule has 0 aliphatic carbocycles. The van der Waals surface area contributed by atoms with Gasteiger partial charge in [0.05, 0.1) is 16.3 Å². The molecule has 0 bridgehead atoms. The van der Waals surface area contributed by atoms with Crippen LogP contribution in [0.25, 0.3) is 11.0 Å². The van der Waals surface area contributed by atoms with Gasteiger partial charge in [0.1, 0.15) is 17.9 Å². The lowest BCUT2D eigenvalue weighted by atomic mass is 10.2. The highest BCUT2D eigenvalue weighted by Crippen LogP contribution is 2.20. The average molecular weight is 407 g/mol. The Balaban J connectivity index is 1.31. The molecule has 0 N–H and O–H groups in total. The summed E-state index contributed by atoms with van der Waals surface area (Å²) in [5.41, 5.74) is 1.81. The number of benzene rings is 2. The fourth-order valence-electron chi connectivity index (χ4n) is 2.72. The Labute approximate surface area is 170 Å². The van der Waals surface area contributed by atoms with Crippen LogP contribution in [-0.2, 0) is 11.3 Å². The summed E-state index contributed by atoms with van der Waals surface area (Å²) in [7, 11) is 0. The van der Waals surface area contributed by atoms with Gasteiger partial charge in [-0.05, 0) is 43.3 Å². The van der Waals surface area contributed by atoms with E-state index in [1.807, 2.05) is 30.5 Å². The SMILES string of the molecule is Cc1nc(COc2ccc(C(=O)OCC(=O)c3cc4ccccc4o3)cc2)cs1. The number of Topliss-reactive ketones (excluding diaryl/α,β-unsaturated/α-hetero) is 1. The molecular weight excluding hydrogens is 390 g/mol. The number of carbonyl (C=O) groups excluding carboxylic acids is 2. The lowest BCUT2D eigenvalue weighted by Crippen LogP contribution is -2.13. The molecule has 0 saturated carbocycles. The van der Waals surface area contributed by atoms with Crippen LogP contribution in [-0.4, -0.2) is 23.3 Å². The van der Waals surface area contributed by atoms with E-state index in [2.05, 4.69) is 4.98 Å². The number of esters is 1. The van der Waals surface area contributed by atoms with Crippen molar-refractivity contribution in [1.82, 2.24) is 4.98 Å². The molecule has 2 heterocycles. The second kappa shape index (κ2) is 8.28. The summed E-state index contributed by atoms with van der Waals surface area (Å²) in [4.78, 5) is 28.8. The van der Waals surface area contributed by atoms with E-state index in [4.69, 9.17) is 13.9 Å². The van der Waals surface area contributed by atoms with E-state index >= 15 is 0 Å². The highest BCUT2D eigenvalue weighted by molar-refractivity contribution is 7.09. The van der Waals surface area contributed by atoms with Gasteiger partial charge in [-0.1, -0.05) is 18.2 Å². The van der Waals surface area contributed by atoms with Crippen LogP contribution in [0.1, 0.15) is 31.6 Å². The summed E-state index contributed by atoms with van der Waals surface area (Å²) in [6.07, 6.45) is 0. The zero-order valence-electron chi connectivity index (χ0n) is 15.6. The van der Waals surface area contributed by atoms with E-state index in [1.54, 1.807) is 47.7 Å². The lowest BCUT2D eigenvalue weighted by Gasteiger charge is -2.06.